The number of benzene rings is 2. The van der Waals surface area contributed by atoms with E-state index in [1.807, 2.05) is 24.3 Å². The summed E-state index contributed by atoms with van der Waals surface area (Å²) >= 11 is 1.26. The number of amides is 1. The number of halogens is 1. The van der Waals surface area contributed by atoms with Crippen molar-refractivity contribution in [3.05, 3.63) is 59.9 Å². The molecule has 5 nitrogen and oxygen atoms in total. The lowest BCUT2D eigenvalue weighted by Gasteiger charge is -2.07. The fourth-order valence-corrected chi connectivity index (χ4v) is 3.40. The normalized spacial score (nSPS) is 10.8. The third kappa shape index (κ3) is 4.74. The van der Waals surface area contributed by atoms with E-state index in [-0.39, 0.29) is 17.5 Å². The molecular formula is C20H21FN4OS. The van der Waals surface area contributed by atoms with Gasteiger partial charge in [-0.3, -0.25) is 4.79 Å². The van der Waals surface area contributed by atoms with Crippen LogP contribution in [0.3, 0.4) is 0 Å². The van der Waals surface area contributed by atoms with E-state index in [0.717, 1.165) is 18.5 Å². The average Bonchev–Trinajstić information content (AvgIpc) is 3.03. The zero-order chi connectivity index (χ0) is 19.2. The van der Waals surface area contributed by atoms with Gasteiger partial charge in [-0.2, -0.15) is 0 Å². The van der Waals surface area contributed by atoms with Gasteiger partial charge in [-0.25, -0.2) is 4.39 Å². The molecule has 1 N–H and O–H groups in total. The predicted octanol–water partition coefficient (Wildman–Crippen LogP) is 4.30. The topological polar surface area (TPSA) is 59.8 Å². The third-order valence-corrected chi connectivity index (χ3v) is 5.08. The van der Waals surface area contributed by atoms with Crippen molar-refractivity contribution in [3.8, 4) is 11.4 Å². The van der Waals surface area contributed by atoms with E-state index in [4.69, 9.17) is 0 Å². The molecule has 0 bridgehead atoms. The Kier molecular flexibility index (Phi) is 6.24. The van der Waals surface area contributed by atoms with Crippen molar-refractivity contribution in [2.45, 2.75) is 24.9 Å². The third-order valence-electron chi connectivity index (χ3n) is 4.06. The lowest BCUT2D eigenvalue weighted by atomic mass is 10.1. The Bertz CT molecular complexity index is 924. The summed E-state index contributed by atoms with van der Waals surface area (Å²) in [6.07, 6.45) is 2.12. The number of rotatable bonds is 7. The van der Waals surface area contributed by atoms with Crippen LogP contribution in [0.25, 0.3) is 11.4 Å². The summed E-state index contributed by atoms with van der Waals surface area (Å²) in [5, 5.41) is 11.6. The van der Waals surface area contributed by atoms with Crippen molar-refractivity contribution < 1.29 is 9.18 Å². The fourth-order valence-electron chi connectivity index (χ4n) is 2.69. The Hall–Kier alpha value is -2.67. The van der Waals surface area contributed by atoms with Gasteiger partial charge in [-0.05, 0) is 36.2 Å². The van der Waals surface area contributed by atoms with E-state index in [9.17, 15) is 9.18 Å². The molecule has 0 unspecified atom stereocenters. The first-order valence-electron chi connectivity index (χ1n) is 8.74. The van der Waals surface area contributed by atoms with Gasteiger partial charge in [0, 0.05) is 12.7 Å². The molecule has 0 spiro atoms. The molecule has 0 saturated heterocycles. The second kappa shape index (κ2) is 8.81. The second-order valence-electron chi connectivity index (χ2n) is 6.13. The van der Waals surface area contributed by atoms with Crippen molar-refractivity contribution >= 4 is 23.4 Å². The first-order chi connectivity index (χ1) is 13.1. The number of carbonyl (C=O) groups is 1. The Labute approximate surface area is 162 Å². The van der Waals surface area contributed by atoms with Crippen molar-refractivity contribution in [1.29, 1.82) is 0 Å². The van der Waals surface area contributed by atoms with Crippen molar-refractivity contribution in [1.82, 2.24) is 14.8 Å². The highest BCUT2D eigenvalue weighted by atomic mass is 32.2. The number of aromatic nitrogens is 3. The van der Waals surface area contributed by atoms with Crippen LogP contribution in [0, 0.1) is 5.82 Å². The fraction of sp³-hybridized carbons (Fsp3) is 0.250. The van der Waals surface area contributed by atoms with Crippen molar-refractivity contribution in [2.75, 3.05) is 11.1 Å². The van der Waals surface area contributed by atoms with Gasteiger partial charge < -0.3 is 9.88 Å². The molecule has 7 heteroatoms. The van der Waals surface area contributed by atoms with Gasteiger partial charge in [0.05, 0.1) is 11.3 Å². The minimum atomic E-state index is -0.353. The summed E-state index contributed by atoms with van der Waals surface area (Å²) in [5.74, 6) is 0.148. The van der Waals surface area contributed by atoms with Gasteiger partial charge >= 0.3 is 0 Å². The molecule has 0 aliphatic heterocycles. The van der Waals surface area contributed by atoms with Crippen LogP contribution >= 0.6 is 11.8 Å². The monoisotopic (exact) mass is 384 g/mol. The van der Waals surface area contributed by atoms with E-state index in [2.05, 4.69) is 22.4 Å². The molecule has 3 rings (SSSR count). The van der Waals surface area contributed by atoms with Crippen LogP contribution in [0.1, 0.15) is 18.9 Å². The van der Waals surface area contributed by atoms with Crippen molar-refractivity contribution in [3.63, 3.8) is 0 Å². The van der Waals surface area contributed by atoms with Crippen LogP contribution in [0.15, 0.2) is 53.7 Å². The number of nitrogens with zero attached hydrogens (tertiary/aromatic N) is 3. The van der Waals surface area contributed by atoms with Crippen LogP contribution < -0.4 is 5.32 Å². The van der Waals surface area contributed by atoms with Gasteiger partial charge in [0.1, 0.15) is 5.82 Å². The average molecular weight is 384 g/mol. The number of anilines is 1. The van der Waals surface area contributed by atoms with Gasteiger partial charge in [0.2, 0.25) is 5.91 Å². The smallest absolute Gasteiger partial charge is 0.234 e. The minimum Gasteiger partial charge on any atom is -0.325 e. The van der Waals surface area contributed by atoms with Crippen LogP contribution in [0.5, 0.6) is 0 Å². The zero-order valence-corrected chi connectivity index (χ0v) is 16.1. The molecule has 0 aliphatic rings. The van der Waals surface area contributed by atoms with Crippen LogP contribution in [-0.4, -0.2) is 26.4 Å². The van der Waals surface area contributed by atoms with E-state index >= 15 is 0 Å². The molecule has 0 fully saturated rings. The summed E-state index contributed by atoms with van der Waals surface area (Å²) in [6, 6.07) is 14.3. The highest BCUT2D eigenvalue weighted by Crippen LogP contribution is 2.24. The Morgan fingerprint density at radius 3 is 2.59 bits per heavy atom. The summed E-state index contributed by atoms with van der Waals surface area (Å²) in [6.45, 7) is 2.14. The number of hydrogen-bond donors (Lipinski definition) is 1. The maximum Gasteiger partial charge on any atom is 0.234 e. The Morgan fingerprint density at radius 2 is 1.89 bits per heavy atom. The summed E-state index contributed by atoms with van der Waals surface area (Å²) in [4.78, 5) is 12.2. The number of nitrogens with one attached hydrogen (secondary N) is 1. The first-order valence-corrected chi connectivity index (χ1v) is 9.73. The molecule has 3 aromatic rings. The standard InChI is InChI=1S/C20H21FN4OS/c1-3-6-14-9-11-15(12-10-14)22-18(26)13-27-20-24-23-19(25(20)2)16-7-4-5-8-17(16)21/h4-5,7-12H,3,6,13H2,1-2H3,(H,22,26). The number of aryl methyl sites for hydroxylation is 1. The molecule has 2 aromatic carbocycles. The quantitative estimate of drug-likeness (QED) is 0.617. The molecule has 1 amide bonds. The first kappa shape index (κ1) is 19.1. The molecule has 1 heterocycles. The molecule has 27 heavy (non-hydrogen) atoms. The Balaban J connectivity index is 1.60. The van der Waals surface area contributed by atoms with Gasteiger partial charge in [-0.15, -0.1) is 10.2 Å². The molecule has 0 aliphatic carbocycles. The predicted molar refractivity (Wildman–Crippen MR) is 106 cm³/mol. The van der Waals surface area contributed by atoms with E-state index in [1.165, 1.54) is 23.4 Å². The SMILES string of the molecule is CCCc1ccc(NC(=O)CSc2nnc(-c3ccccc3F)n2C)cc1. The van der Waals surface area contributed by atoms with Crippen LogP contribution in [0.4, 0.5) is 10.1 Å². The van der Waals surface area contributed by atoms with E-state index in [1.54, 1.807) is 29.8 Å². The highest BCUT2D eigenvalue weighted by Gasteiger charge is 2.15. The van der Waals surface area contributed by atoms with Gasteiger partial charge in [0.25, 0.3) is 0 Å². The maximum atomic E-state index is 13.9. The number of carbonyl (C=O) groups excluding carboxylic acids is 1. The molecule has 0 saturated carbocycles. The van der Waals surface area contributed by atoms with E-state index in [0.29, 0.717) is 16.5 Å². The molecule has 0 atom stereocenters. The number of hydrogen-bond acceptors (Lipinski definition) is 4. The van der Waals surface area contributed by atoms with Crippen molar-refractivity contribution in [2.24, 2.45) is 7.05 Å². The molecular weight excluding hydrogens is 363 g/mol. The van der Waals surface area contributed by atoms with Crippen LogP contribution in [0.2, 0.25) is 0 Å². The lowest BCUT2D eigenvalue weighted by molar-refractivity contribution is -0.113. The second-order valence-corrected chi connectivity index (χ2v) is 7.07. The molecule has 1 aromatic heterocycles. The van der Waals surface area contributed by atoms with E-state index < -0.39 is 0 Å². The Morgan fingerprint density at radius 1 is 1.15 bits per heavy atom. The largest absolute Gasteiger partial charge is 0.325 e. The van der Waals surface area contributed by atoms with Gasteiger partial charge in [0.15, 0.2) is 11.0 Å². The lowest BCUT2D eigenvalue weighted by Crippen LogP contribution is -2.14. The van der Waals surface area contributed by atoms with Crippen LogP contribution in [-0.2, 0) is 18.3 Å². The zero-order valence-electron chi connectivity index (χ0n) is 15.3. The summed E-state index contributed by atoms with van der Waals surface area (Å²) in [5.41, 5.74) is 2.41. The molecule has 140 valence electrons. The number of thioether (sulfide) groups is 1. The summed E-state index contributed by atoms with van der Waals surface area (Å²) < 4.78 is 15.6. The maximum absolute atomic E-state index is 13.9. The highest BCUT2D eigenvalue weighted by molar-refractivity contribution is 7.99. The summed E-state index contributed by atoms with van der Waals surface area (Å²) in [7, 11) is 1.76. The van der Waals surface area contributed by atoms with Gasteiger partial charge in [-0.1, -0.05) is 49.4 Å². The minimum absolute atomic E-state index is 0.126. The molecule has 0 radical (unpaired) electrons.